The van der Waals surface area contributed by atoms with Crippen LogP contribution < -0.4 is 5.32 Å². The van der Waals surface area contributed by atoms with Gasteiger partial charge in [-0.1, -0.05) is 44.5 Å². The van der Waals surface area contributed by atoms with E-state index in [1.807, 2.05) is 0 Å². The van der Waals surface area contributed by atoms with Crippen molar-refractivity contribution < 1.29 is 9.53 Å². The highest BCUT2D eigenvalue weighted by molar-refractivity contribution is 5.70. The Hall–Kier alpha value is -1.35. The number of hydrogen-bond donors (Lipinski definition) is 1. The molecule has 1 aromatic rings. The number of carbonyl (C=O) groups excluding carboxylic acids is 1. The molecule has 0 saturated carbocycles. The molecule has 112 valence electrons. The van der Waals surface area contributed by atoms with Crippen LogP contribution in [0.15, 0.2) is 24.3 Å². The first kappa shape index (κ1) is 16.7. The third-order valence-electron chi connectivity index (χ3n) is 3.52. The lowest BCUT2D eigenvalue weighted by Crippen LogP contribution is -2.34. The average molecular weight is 277 g/mol. The first-order chi connectivity index (χ1) is 9.69. The molecule has 0 aliphatic heterocycles. The van der Waals surface area contributed by atoms with Gasteiger partial charge < -0.3 is 10.1 Å². The minimum absolute atomic E-state index is 0.149. The number of hydrogen-bond acceptors (Lipinski definition) is 3. The standard InChI is InChI=1S/C17H27NO2/c1-4-6-11-18-16(13-17(19)20-3)12-15-9-7-14(5-2)8-10-15/h7-10,16,18H,4-6,11-13H2,1-3H3. The number of rotatable bonds is 9. The molecule has 3 nitrogen and oxygen atoms in total. The van der Waals surface area contributed by atoms with Gasteiger partial charge in [0.2, 0.25) is 0 Å². The SMILES string of the molecule is CCCCNC(CC(=O)OC)Cc1ccc(CC)cc1. The van der Waals surface area contributed by atoms with Crippen molar-refractivity contribution in [1.82, 2.24) is 5.32 Å². The summed E-state index contributed by atoms with van der Waals surface area (Å²) in [6.45, 7) is 5.27. The molecule has 0 aliphatic carbocycles. The molecule has 0 saturated heterocycles. The lowest BCUT2D eigenvalue weighted by Gasteiger charge is -2.18. The van der Waals surface area contributed by atoms with Gasteiger partial charge in [-0.15, -0.1) is 0 Å². The van der Waals surface area contributed by atoms with Crippen molar-refractivity contribution in [3.8, 4) is 0 Å². The molecule has 1 rings (SSSR count). The molecule has 1 unspecified atom stereocenters. The van der Waals surface area contributed by atoms with Gasteiger partial charge in [-0.3, -0.25) is 4.79 Å². The Morgan fingerprint density at radius 1 is 1.20 bits per heavy atom. The quantitative estimate of drug-likeness (QED) is 0.557. The van der Waals surface area contributed by atoms with Gasteiger partial charge in [0, 0.05) is 6.04 Å². The van der Waals surface area contributed by atoms with Crippen molar-refractivity contribution in [3.05, 3.63) is 35.4 Å². The predicted octanol–water partition coefficient (Wildman–Crippen LogP) is 3.11. The highest BCUT2D eigenvalue weighted by Gasteiger charge is 2.14. The average Bonchev–Trinajstić information content (AvgIpc) is 2.48. The Balaban J connectivity index is 2.58. The zero-order valence-corrected chi connectivity index (χ0v) is 12.9. The number of benzene rings is 1. The second-order valence-electron chi connectivity index (χ2n) is 5.16. The number of nitrogens with one attached hydrogen (secondary N) is 1. The van der Waals surface area contributed by atoms with Crippen molar-refractivity contribution in [2.24, 2.45) is 0 Å². The summed E-state index contributed by atoms with van der Waals surface area (Å²) in [5, 5.41) is 3.46. The first-order valence-electron chi connectivity index (χ1n) is 7.57. The topological polar surface area (TPSA) is 38.3 Å². The van der Waals surface area contributed by atoms with E-state index >= 15 is 0 Å². The van der Waals surface area contributed by atoms with E-state index in [-0.39, 0.29) is 12.0 Å². The Morgan fingerprint density at radius 3 is 2.40 bits per heavy atom. The van der Waals surface area contributed by atoms with E-state index in [4.69, 9.17) is 4.74 Å². The molecule has 0 heterocycles. The molecule has 20 heavy (non-hydrogen) atoms. The van der Waals surface area contributed by atoms with E-state index in [0.717, 1.165) is 32.2 Å². The zero-order chi connectivity index (χ0) is 14.8. The van der Waals surface area contributed by atoms with Crippen molar-refractivity contribution in [3.63, 3.8) is 0 Å². The fourth-order valence-corrected chi connectivity index (χ4v) is 2.18. The minimum Gasteiger partial charge on any atom is -0.469 e. The van der Waals surface area contributed by atoms with E-state index in [9.17, 15) is 4.79 Å². The van der Waals surface area contributed by atoms with Gasteiger partial charge in [0.15, 0.2) is 0 Å². The zero-order valence-electron chi connectivity index (χ0n) is 12.9. The van der Waals surface area contributed by atoms with Gasteiger partial charge in [-0.05, 0) is 36.9 Å². The highest BCUT2D eigenvalue weighted by atomic mass is 16.5. The van der Waals surface area contributed by atoms with E-state index in [1.54, 1.807) is 0 Å². The van der Waals surface area contributed by atoms with Gasteiger partial charge in [0.05, 0.1) is 13.5 Å². The molecule has 0 amide bonds. The summed E-state index contributed by atoms with van der Waals surface area (Å²) in [7, 11) is 1.45. The van der Waals surface area contributed by atoms with Gasteiger partial charge in [0.25, 0.3) is 0 Å². The summed E-state index contributed by atoms with van der Waals surface area (Å²) in [5.41, 5.74) is 2.61. The van der Waals surface area contributed by atoms with Gasteiger partial charge in [-0.2, -0.15) is 0 Å². The Labute approximate surface area is 122 Å². The normalized spacial score (nSPS) is 12.2. The molecule has 0 bridgehead atoms. The third kappa shape index (κ3) is 6.20. The van der Waals surface area contributed by atoms with Crippen LogP contribution >= 0.6 is 0 Å². The van der Waals surface area contributed by atoms with Crippen LogP contribution in [-0.2, 0) is 22.4 Å². The molecular formula is C17H27NO2. The van der Waals surface area contributed by atoms with Gasteiger partial charge in [0.1, 0.15) is 0 Å². The summed E-state index contributed by atoms with van der Waals surface area (Å²) < 4.78 is 4.78. The molecule has 1 atom stereocenters. The van der Waals surface area contributed by atoms with Crippen LogP contribution in [0.2, 0.25) is 0 Å². The van der Waals surface area contributed by atoms with Crippen LogP contribution in [0.4, 0.5) is 0 Å². The van der Waals surface area contributed by atoms with E-state index in [2.05, 4.69) is 43.4 Å². The summed E-state index contributed by atoms with van der Waals surface area (Å²) in [6.07, 6.45) is 4.63. The molecule has 0 spiro atoms. The Morgan fingerprint density at radius 2 is 1.85 bits per heavy atom. The maximum absolute atomic E-state index is 11.5. The number of methoxy groups -OCH3 is 1. The lowest BCUT2D eigenvalue weighted by atomic mass is 10.0. The molecule has 1 aromatic carbocycles. The first-order valence-corrected chi connectivity index (χ1v) is 7.57. The molecule has 3 heteroatoms. The summed E-state index contributed by atoms with van der Waals surface area (Å²) >= 11 is 0. The fourth-order valence-electron chi connectivity index (χ4n) is 2.18. The number of ether oxygens (including phenoxy) is 1. The van der Waals surface area contributed by atoms with Crippen LogP contribution in [0.25, 0.3) is 0 Å². The highest BCUT2D eigenvalue weighted by Crippen LogP contribution is 2.10. The van der Waals surface area contributed by atoms with E-state index < -0.39 is 0 Å². The molecule has 1 N–H and O–H groups in total. The number of carbonyl (C=O) groups is 1. The van der Waals surface area contributed by atoms with Crippen molar-refractivity contribution >= 4 is 5.97 Å². The fraction of sp³-hybridized carbons (Fsp3) is 0.588. The second kappa shape index (κ2) is 9.54. The van der Waals surface area contributed by atoms with Crippen LogP contribution in [0, 0.1) is 0 Å². The van der Waals surface area contributed by atoms with E-state index in [0.29, 0.717) is 6.42 Å². The summed E-state index contributed by atoms with van der Waals surface area (Å²) in [6, 6.07) is 8.80. The number of esters is 1. The minimum atomic E-state index is -0.149. The van der Waals surface area contributed by atoms with Crippen molar-refractivity contribution in [2.45, 2.75) is 52.0 Å². The summed E-state index contributed by atoms with van der Waals surface area (Å²) in [4.78, 5) is 11.5. The second-order valence-corrected chi connectivity index (χ2v) is 5.16. The Bertz CT molecular complexity index is 386. The van der Waals surface area contributed by atoms with Gasteiger partial charge >= 0.3 is 5.97 Å². The summed E-state index contributed by atoms with van der Waals surface area (Å²) in [5.74, 6) is -0.149. The van der Waals surface area contributed by atoms with Crippen LogP contribution in [0.3, 0.4) is 0 Å². The number of aryl methyl sites for hydroxylation is 1. The molecular weight excluding hydrogens is 250 g/mol. The maximum Gasteiger partial charge on any atom is 0.307 e. The van der Waals surface area contributed by atoms with Crippen molar-refractivity contribution in [2.75, 3.05) is 13.7 Å². The maximum atomic E-state index is 11.5. The molecule has 0 aliphatic rings. The lowest BCUT2D eigenvalue weighted by molar-refractivity contribution is -0.141. The molecule has 0 fully saturated rings. The van der Waals surface area contributed by atoms with E-state index in [1.165, 1.54) is 18.2 Å². The molecule has 0 radical (unpaired) electrons. The predicted molar refractivity (Wildman–Crippen MR) is 82.9 cm³/mol. The largest absolute Gasteiger partial charge is 0.469 e. The van der Waals surface area contributed by atoms with Crippen LogP contribution in [0.5, 0.6) is 0 Å². The Kier molecular flexibility index (Phi) is 7.97. The van der Waals surface area contributed by atoms with Crippen molar-refractivity contribution in [1.29, 1.82) is 0 Å². The van der Waals surface area contributed by atoms with Gasteiger partial charge in [-0.25, -0.2) is 0 Å². The number of unbranched alkanes of at least 4 members (excludes halogenated alkanes) is 1. The van der Waals surface area contributed by atoms with Crippen LogP contribution in [0.1, 0.15) is 44.2 Å². The monoisotopic (exact) mass is 277 g/mol. The smallest absolute Gasteiger partial charge is 0.307 e. The molecule has 0 aromatic heterocycles. The van der Waals surface area contributed by atoms with Crippen LogP contribution in [-0.4, -0.2) is 25.7 Å². The third-order valence-corrected chi connectivity index (χ3v) is 3.52.